The Morgan fingerprint density at radius 2 is 1.89 bits per heavy atom. The highest BCUT2D eigenvalue weighted by atomic mass is 127. The summed E-state index contributed by atoms with van der Waals surface area (Å²) in [6, 6.07) is 8.48. The Labute approximate surface area is 185 Å². The fourth-order valence-electron chi connectivity index (χ4n) is 3.30. The van der Waals surface area contributed by atoms with Crippen LogP contribution in [-0.2, 0) is 4.79 Å². The van der Waals surface area contributed by atoms with Crippen molar-refractivity contribution >= 4 is 35.8 Å². The molecule has 1 saturated heterocycles. The summed E-state index contributed by atoms with van der Waals surface area (Å²) >= 11 is 0. The van der Waals surface area contributed by atoms with Crippen LogP contribution in [0.25, 0.3) is 0 Å². The second-order valence-corrected chi connectivity index (χ2v) is 6.57. The number of hydrogen-bond donors (Lipinski definition) is 3. The number of carbonyl (C=O) groups excluding carboxylic acids is 1. The van der Waals surface area contributed by atoms with Gasteiger partial charge in [0.05, 0.1) is 13.2 Å². The monoisotopic (exact) mass is 503 g/mol. The van der Waals surface area contributed by atoms with Gasteiger partial charge in [0.15, 0.2) is 5.96 Å². The predicted molar refractivity (Wildman–Crippen MR) is 125 cm³/mol. The van der Waals surface area contributed by atoms with Crippen molar-refractivity contribution in [3.8, 4) is 5.75 Å². The van der Waals surface area contributed by atoms with Gasteiger partial charge in [-0.1, -0.05) is 12.1 Å². The second kappa shape index (κ2) is 13.6. The number of hydrogen-bond acceptors (Lipinski definition) is 4. The van der Waals surface area contributed by atoms with Crippen LogP contribution in [0.4, 0.5) is 0 Å². The minimum Gasteiger partial charge on any atom is -0.497 e. The van der Waals surface area contributed by atoms with Gasteiger partial charge in [0.1, 0.15) is 12.3 Å². The van der Waals surface area contributed by atoms with Gasteiger partial charge in [-0.25, -0.2) is 4.99 Å². The van der Waals surface area contributed by atoms with Crippen LogP contribution >= 0.6 is 24.0 Å². The summed E-state index contributed by atoms with van der Waals surface area (Å²) < 4.78 is 5.40. The third kappa shape index (κ3) is 7.83. The number of rotatable bonds is 9. The van der Waals surface area contributed by atoms with E-state index in [4.69, 9.17) is 4.74 Å². The number of ether oxygens (including phenoxy) is 1. The van der Waals surface area contributed by atoms with Crippen molar-refractivity contribution in [2.45, 2.75) is 32.7 Å². The molecule has 1 unspecified atom stereocenters. The Morgan fingerprint density at radius 1 is 1.18 bits per heavy atom. The van der Waals surface area contributed by atoms with Crippen LogP contribution in [0.5, 0.6) is 5.75 Å². The first-order valence-corrected chi connectivity index (χ1v) is 9.84. The first kappa shape index (κ1) is 24.5. The highest BCUT2D eigenvalue weighted by Gasteiger charge is 2.24. The molecule has 0 aliphatic carbocycles. The van der Waals surface area contributed by atoms with Gasteiger partial charge < -0.3 is 20.7 Å². The van der Waals surface area contributed by atoms with Gasteiger partial charge in [0.2, 0.25) is 5.91 Å². The van der Waals surface area contributed by atoms with Gasteiger partial charge in [-0.05, 0) is 57.5 Å². The molecule has 1 fully saturated rings. The van der Waals surface area contributed by atoms with Crippen molar-refractivity contribution in [1.29, 1.82) is 0 Å². The maximum atomic E-state index is 11.7. The SMILES string of the molecule is CCNC(=O)CN=C(NCC)NCC(c1cccc(OC)c1)N1CCCC1.I. The molecule has 158 valence electrons. The molecule has 1 amide bonds. The predicted octanol–water partition coefficient (Wildman–Crippen LogP) is 2.14. The molecule has 1 aromatic carbocycles. The zero-order valence-electron chi connectivity index (χ0n) is 17.2. The number of likely N-dealkylation sites (tertiary alicyclic amines) is 1. The van der Waals surface area contributed by atoms with E-state index in [1.54, 1.807) is 7.11 Å². The van der Waals surface area contributed by atoms with Crippen molar-refractivity contribution < 1.29 is 9.53 Å². The summed E-state index contributed by atoms with van der Waals surface area (Å²) in [7, 11) is 1.69. The van der Waals surface area contributed by atoms with Crippen molar-refractivity contribution in [2.75, 3.05) is 46.4 Å². The quantitative estimate of drug-likeness (QED) is 0.274. The summed E-state index contributed by atoms with van der Waals surface area (Å²) in [5.41, 5.74) is 1.23. The lowest BCUT2D eigenvalue weighted by Crippen LogP contribution is -2.43. The van der Waals surface area contributed by atoms with Crippen molar-refractivity contribution in [3.05, 3.63) is 29.8 Å². The standard InChI is InChI=1S/C20H33N5O2.HI/c1-4-21-19(26)15-24-20(22-5-2)23-14-18(25-11-6-7-12-25)16-9-8-10-17(13-16)27-3;/h8-10,13,18H,4-7,11-12,14-15H2,1-3H3,(H,21,26)(H2,22,23,24);1H. The van der Waals surface area contributed by atoms with Gasteiger partial charge in [-0.15, -0.1) is 24.0 Å². The van der Waals surface area contributed by atoms with Crippen LogP contribution in [0.2, 0.25) is 0 Å². The number of aliphatic imine (C=N–C) groups is 1. The van der Waals surface area contributed by atoms with Gasteiger partial charge in [-0.3, -0.25) is 9.69 Å². The lowest BCUT2D eigenvalue weighted by molar-refractivity contribution is -0.119. The molecule has 2 rings (SSSR count). The highest BCUT2D eigenvalue weighted by Crippen LogP contribution is 2.27. The number of nitrogens with one attached hydrogen (secondary N) is 3. The van der Waals surface area contributed by atoms with E-state index < -0.39 is 0 Å². The third-order valence-corrected chi connectivity index (χ3v) is 4.62. The molecule has 1 heterocycles. The first-order chi connectivity index (χ1) is 13.2. The Balaban J connectivity index is 0.00000392. The van der Waals surface area contributed by atoms with Crippen LogP contribution < -0.4 is 20.7 Å². The number of amides is 1. The molecule has 1 aliphatic rings. The molecule has 28 heavy (non-hydrogen) atoms. The molecule has 1 atom stereocenters. The first-order valence-electron chi connectivity index (χ1n) is 9.84. The average molecular weight is 503 g/mol. The Hall–Kier alpha value is -1.55. The maximum Gasteiger partial charge on any atom is 0.241 e. The molecule has 0 radical (unpaired) electrons. The Kier molecular flexibility index (Phi) is 11.9. The molecule has 7 nitrogen and oxygen atoms in total. The van der Waals surface area contributed by atoms with Crippen LogP contribution in [0.15, 0.2) is 29.3 Å². The van der Waals surface area contributed by atoms with Gasteiger partial charge in [0, 0.05) is 19.6 Å². The van der Waals surface area contributed by atoms with Crippen molar-refractivity contribution in [1.82, 2.24) is 20.9 Å². The van der Waals surface area contributed by atoms with E-state index in [9.17, 15) is 4.79 Å². The average Bonchev–Trinajstić information content (AvgIpc) is 3.21. The van der Waals surface area contributed by atoms with Gasteiger partial charge in [-0.2, -0.15) is 0 Å². The Bertz CT molecular complexity index is 620. The summed E-state index contributed by atoms with van der Waals surface area (Å²) in [5, 5.41) is 9.39. The molecular formula is C20H34IN5O2. The summed E-state index contributed by atoms with van der Waals surface area (Å²) in [6.45, 7) is 8.31. The van der Waals surface area contributed by atoms with Crippen LogP contribution in [0.1, 0.15) is 38.3 Å². The van der Waals surface area contributed by atoms with Crippen LogP contribution in [0.3, 0.4) is 0 Å². The van der Waals surface area contributed by atoms with E-state index >= 15 is 0 Å². The Morgan fingerprint density at radius 3 is 2.54 bits per heavy atom. The van der Waals surface area contributed by atoms with E-state index in [1.807, 2.05) is 26.0 Å². The topological polar surface area (TPSA) is 78.0 Å². The molecule has 0 bridgehead atoms. The number of guanidine groups is 1. The lowest BCUT2D eigenvalue weighted by atomic mass is 10.1. The highest BCUT2D eigenvalue weighted by molar-refractivity contribution is 14.0. The number of carbonyl (C=O) groups is 1. The second-order valence-electron chi connectivity index (χ2n) is 6.57. The summed E-state index contributed by atoms with van der Waals surface area (Å²) in [4.78, 5) is 18.6. The van der Waals surface area contributed by atoms with Gasteiger partial charge >= 0.3 is 0 Å². The fourth-order valence-corrected chi connectivity index (χ4v) is 3.30. The van der Waals surface area contributed by atoms with Crippen LogP contribution in [-0.4, -0.2) is 63.1 Å². The van der Waals surface area contributed by atoms with Crippen molar-refractivity contribution in [3.63, 3.8) is 0 Å². The molecule has 0 spiro atoms. The normalized spacial score (nSPS) is 15.5. The summed E-state index contributed by atoms with van der Waals surface area (Å²) in [6.07, 6.45) is 2.46. The largest absolute Gasteiger partial charge is 0.497 e. The minimum atomic E-state index is -0.0707. The zero-order valence-corrected chi connectivity index (χ0v) is 19.5. The molecule has 0 aromatic heterocycles. The molecule has 3 N–H and O–H groups in total. The molecular weight excluding hydrogens is 469 g/mol. The molecule has 1 aromatic rings. The van der Waals surface area contributed by atoms with Crippen LogP contribution in [0, 0.1) is 0 Å². The zero-order chi connectivity index (χ0) is 19.5. The molecule has 8 heteroatoms. The lowest BCUT2D eigenvalue weighted by Gasteiger charge is -2.29. The molecule has 1 aliphatic heterocycles. The van der Waals surface area contributed by atoms with E-state index in [0.29, 0.717) is 19.0 Å². The maximum absolute atomic E-state index is 11.7. The smallest absolute Gasteiger partial charge is 0.241 e. The fraction of sp³-hybridized carbons (Fsp3) is 0.600. The number of likely N-dealkylation sites (N-methyl/N-ethyl adjacent to an activating group) is 1. The minimum absolute atomic E-state index is 0. The number of nitrogens with zero attached hydrogens (tertiary/aromatic N) is 2. The number of halogens is 1. The molecule has 0 saturated carbocycles. The third-order valence-electron chi connectivity index (χ3n) is 4.62. The number of methoxy groups -OCH3 is 1. The van der Waals surface area contributed by atoms with Gasteiger partial charge in [0.25, 0.3) is 0 Å². The van der Waals surface area contributed by atoms with E-state index in [0.717, 1.165) is 25.4 Å². The van der Waals surface area contributed by atoms with E-state index in [1.165, 1.54) is 18.4 Å². The van der Waals surface area contributed by atoms with E-state index in [-0.39, 0.29) is 42.5 Å². The number of benzene rings is 1. The summed E-state index contributed by atoms with van der Waals surface area (Å²) in [5.74, 6) is 1.46. The van der Waals surface area contributed by atoms with Crippen molar-refractivity contribution in [2.24, 2.45) is 4.99 Å². The van der Waals surface area contributed by atoms with E-state index in [2.05, 4.69) is 38.0 Å².